The standard InChI is InChI=1S/C13H20N2/c1-6-11-9-7-8-10(2)12(11)14-15-13(3,4)5/h7-9H,6H2,1-5H3. The molecule has 0 bridgehead atoms. The van der Waals surface area contributed by atoms with Gasteiger partial charge < -0.3 is 0 Å². The molecule has 0 atom stereocenters. The average Bonchev–Trinajstić information content (AvgIpc) is 2.14. The zero-order chi connectivity index (χ0) is 11.5. The van der Waals surface area contributed by atoms with Gasteiger partial charge in [-0.3, -0.25) is 0 Å². The molecule has 2 heteroatoms. The van der Waals surface area contributed by atoms with Gasteiger partial charge >= 0.3 is 0 Å². The lowest BCUT2D eigenvalue weighted by molar-refractivity contribution is 0.552. The fourth-order valence-electron chi connectivity index (χ4n) is 1.35. The number of aryl methyl sites for hydroxylation is 2. The summed E-state index contributed by atoms with van der Waals surface area (Å²) >= 11 is 0. The van der Waals surface area contributed by atoms with Crippen molar-refractivity contribution in [2.24, 2.45) is 10.2 Å². The first-order valence-corrected chi connectivity index (χ1v) is 5.45. The van der Waals surface area contributed by atoms with E-state index in [1.165, 1.54) is 11.1 Å². The van der Waals surface area contributed by atoms with Crippen LogP contribution in [0, 0.1) is 6.92 Å². The number of rotatable bonds is 2. The summed E-state index contributed by atoms with van der Waals surface area (Å²) in [7, 11) is 0. The summed E-state index contributed by atoms with van der Waals surface area (Å²) in [6.45, 7) is 10.4. The van der Waals surface area contributed by atoms with Gasteiger partial charge in [0.05, 0.1) is 11.2 Å². The minimum Gasteiger partial charge on any atom is -0.183 e. The molecule has 0 heterocycles. The second-order valence-corrected chi connectivity index (χ2v) is 4.81. The van der Waals surface area contributed by atoms with Crippen LogP contribution in [0.1, 0.15) is 38.8 Å². The summed E-state index contributed by atoms with van der Waals surface area (Å²) in [4.78, 5) is 0. The first kappa shape index (κ1) is 11.9. The van der Waals surface area contributed by atoms with Crippen LogP contribution in [0.25, 0.3) is 0 Å². The number of hydrogen-bond donors (Lipinski definition) is 0. The molecule has 1 rings (SSSR count). The molecule has 0 N–H and O–H groups in total. The molecule has 0 radical (unpaired) electrons. The fourth-order valence-corrected chi connectivity index (χ4v) is 1.35. The van der Waals surface area contributed by atoms with Crippen molar-refractivity contribution in [1.29, 1.82) is 0 Å². The van der Waals surface area contributed by atoms with Gasteiger partial charge in [0.15, 0.2) is 0 Å². The molecule has 1 aromatic rings. The maximum Gasteiger partial charge on any atom is 0.0913 e. The van der Waals surface area contributed by atoms with Crippen LogP contribution in [-0.4, -0.2) is 5.54 Å². The summed E-state index contributed by atoms with van der Waals surface area (Å²) in [5.41, 5.74) is 3.40. The Labute approximate surface area is 92.4 Å². The zero-order valence-corrected chi connectivity index (χ0v) is 10.3. The van der Waals surface area contributed by atoms with Crippen molar-refractivity contribution in [2.45, 2.75) is 46.6 Å². The molecule has 0 saturated heterocycles. The van der Waals surface area contributed by atoms with Gasteiger partial charge in [-0.25, -0.2) is 0 Å². The van der Waals surface area contributed by atoms with Gasteiger partial charge in [0.25, 0.3) is 0 Å². The van der Waals surface area contributed by atoms with Gasteiger partial charge in [-0.15, -0.1) is 0 Å². The molecule has 82 valence electrons. The SMILES string of the molecule is CCc1cccc(C)c1N=NC(C)(C)C. The van der Waals surface area contributed by atoms with Crippen molar-refractivity contribution >= 4 is 5.69 Å². The van der Waals surface area contributed by atoms with Crippen molar-refractivity contribution in [3.05, 3.63) is 29.3 Å². The Bertz CT molecular complexity index is 359. The Hall–Kier alpha value is -1.18. The van der Waals surface area contributed by atoms with Gasteiger partial charge in [-0.2, -0.15) is 10.2 Å². The van der Waals surface area contributed by atoms with Crippen LogP contribution in [0.3, 0.4) is 0 Å². The lowest BCUT2D eigenvalue weighted by Crippen LogP contribution is -2.07. The topological polar surface area (TPSA) is 24.7 Å². The Kier molecular flexibility index (Phi) is 3.61. The minimum atomic E-state index is -0.104. The first-order valence-electron chi connectivity index (χ1n) is 5.45. The minimum absolute atomic E-state index is 0.104. The first-order chi connectivity index (χ1) is 6.94. The van der Waals surface area contributed by atoms with Crippen LogP contribution >= 0.6 is 0 Å². The molecule has 1 aromatic carbocycles. The largest absolute Gasteiger partial charge is 0.183 e. The van der Waals surface area contributed by atoms with E-state index in [9.17, 15) is 0 Å². The van der Waals surface area contributed by atoms with Crippen LogP contribution < -0.4 is 0 Å². The zero-order valence-electron chi connectivity index (χ0n) is 10.3. The normalized spacial score (nSPS) is 12.3. The fraction of sp³-hybridized carbons (Fsp3) is 0.538. The van der Waals surface area contributed by atoms with Crippen molar-refractivity contribution in [3.8, 4) is 0 Å². The molecule has 0 aliphatic heterocycles. The summed E-state index contributed by atoms with van der Waals surface area (Å²) in [5.74, 6) is 0. The van der Waals surface area contributed by atoms with Gasteiger partial charge in [0.2, 0.25) is 0 Å². The van der Waals surface area contributed by atoms with Gasteiger partial charge in [-0.05, 0) is 45.2 Å². The van der Waals surface area contributed by atoms with Crippen LogP contribution in [0.4, 0.5) is 5.69 Å². The molecule has 0 aromatic heterocycles. The third-order valence-corrected chi connectivity index (χ3v) is 2.15. The highest BCUT2D eigenvalue weighted by Gasteiger charge is 2.08. The smallest absolute Gasteiger partial charge is 0.0913 e. The van der Waals surface area contributed by atoms with Gasteiger partial charge in [-0.1, -0.05) is 25.1 Å². The van der Waals surface area contributed by atoms with Crippen molar-refractivity contribution in [3.63, 3.8) is 0 Å². The predicted octanol–water partition coefficient (Wildman–Crippen LogP) is 4.44. The molecule has 0 saturated carbocycles. The molecule has 0 aliphatic carbocycles. The second-order valence-electron chi connectivity index (χ2n) is 4.81. The molecule has 0 spiro atoms. The van der Waals surface area contributed by atoms with E-state index in [0.29, 0.717) is 0 Å². The van der Waals surface area contributed by atoms with E-state index >= 15 is 0 Å². The maximum atomic E-state index is 4.37. The quantitative estimate of drug-likeness (QED) is 0.636. The molecule has 0 aliphatic rings. The Morgan fingerprint density at radius 3 is 2.40 bits per heavy atom. The molecule has 2 nitrogen and oxygen atoms in total. The van der Waals surface area contributed by atoms with Crippen LogP contribution in [0.15, 0.2) is 28.4 Å². The summed E-state index contributed by atoms with van der Waals surface area (Å²) in [6.07, 6.45) is 1.00. The highest BCUT2D eigenvalue weighted by molar-refractivity contribution is 5.51. The van der Waals surface area contributed by atoms with Gasteiger partial charge in [0.1, 0.15) is 0 Å². The molecular formula is C13H20N2. The van der Waals surface area contributed by atoms with Crippen LogP contribution in [-0.2, 0) is 6.42 Å². The number of hydrogen-bond acceptors (Lipinski definition) is 2. The Morgan fingerprint density at radius 2 is 1.87 bits per heavy atom. The van der Waals surface area contributed by atoms with E-state index < -0.39 is 0 Å². The molecule has 0 amide bonds. The number of benzene rings is 1. The molecule has 15 heavy (non-hydrogen) atoms. The Balaban J connectivity index is 3.08. The summed E-state index contributed by atoms with van der Waals surface area (Å²) in [5, 5.41) is 8.69. The third kappa shape index (κ3) is 3.46. The molecular weight excluding hydrogens is 184 g/mol. The number of azo groups is 1. The second kappa shape index (κ2) is 4.56. The maximum absolute atomic E-state index is 4.37. The average molecular weight is 204 g/mol. The van der Waals surface area contributed by atoms with Crippen LogP contribution in [0.5, 0.6) is 0 Å². The van der Waals surface area contributed by atoms with E-state index in [2.05, 4.69) is 63.0 Å². The highest BCUT2D eigenvalue weighted by atomic mass is 15.1. The monoisotopic (exact) mass is 204 g/mol. The lowest BCUT2D eigenvalue weighted by atomic mass is 10.1. The van der Waals surface area contributed by atoms with E-state index in [4.69, 9.17) is 0 Å². The van der Waals surface area contributed by atoms with E-state index in [0.717, 1.165) is 12.1 Å². The van der Waals surface area contributed by atoms with Crippen molar-refractivity contribution < 1.29 is 0 Å². The highest BCUT2D eigenvalue weighted by Crippen LogP contribution is 2.26. The van der Waals surface area contributed by atoms with E-state index in [-0.39, 0.29) is 5.54 Å². The van der Waals surface area contributed by atoms with E-state index in [1.54, 1.807) is 0 Å². The van der Waals surface area contributed by atoms with Crippen LogP contribution in [0.2, 0.25) is 0 Å². The molecule has 0 unspecified atom stereocenters. The van der Waals surface area contributed by atoms with Gasteiger partial charge in [0, 0.05) is 0 Å². The number of nitrogens with zero attached hydrogens (tertiary/aromatic N) is 2. The lowest BCUT2D eigenvalue weighted by Gasteiger charge is -2.11. The van der Waals surface area contributed by atoms with Crippen molar-refractivity contribution in [2.75, 3.05) is 0 Å². The predicted molar refractivity (Wildman–Crippen MR) is 64.8 cm³/mol. The van der Waals surface area contributed by atoms with Crippen molar-refractivity contribution in [1.82, 2.24) is 0 Å². The molecule has 0 fully saturated rings. The van der Waals surface area contributed by atoms with E-state index in [1.807, 2.05) is 0 Å². The summed E-state index contributed by atoms with van der Waals surface area (Å²) < 4.78 is 0. The Morgan fingerprint density at radius 1 is 1.20 bits per heavy atom. The summed E-state index contributed by atoms with van der Waals surface area (Å²) in [6, 6.07) is 6.27. The third-order valence-electron chi connectivity index (χ3n) is 2.15.